The highest BCUT2D eigenvalue weighted by Crippen LogP contribution is 2.37. The molecule has 0 spiro atoms. The van der Waals surface area contributed by atoms with Gasteiger partial charge in [0.15, 0.2) is 0 Å². The number of carbonyl (C=O) groups excluding carboxylic acids is 1. The first-order chi connectivity index (χ1) is 10.8. The topological polar surface area (TPSA) is 35.5 Å². The van der Waals surface area contributed by atoms with E-state index in [-0.39, 0.29) is 11.9 Å². The fourth-order valence-electron chi connectivity index (χ4n) is 3.01. The molecular formula is C19H20O3. The summed E-state index contributed by atoms with van der Waals surface area (Å²) in [7, 11) is 1.44. The molecule has 0 bridgehead atoms. The number of ether oxygens (including phenoxy) is 2. The maximum Gasteiger partial charge on any atom is 0.306 e. The molecule has 1 atom stereocenters. The zero-order valence-corrected chi connectivity index (χ0v) is 12.7. The van der Waals surface area contributed by atoms with Crippen LogP contribution in [-0.4, -0.2) is 13.1 Å². The minimum atomic E-state index is -0.137. The van der Waals surface area contributed by atoms with Crippen LogP contribution in [0.15, 0.2) is 48.5 Å². The van der Waals surface area contributed by atoms with Crippen molar-refractivity contribution in [3.05, 3.63) is 65.2 Å². The van der Waals surface area contributed by atoms with Crippen molar-refractivity contribution >= 4 is 5.97 Å². The molecule has 0 heterocycles. The predicted octanol–water partition coefficient (Wildman–Crippen LogP) is 3.86. The third-order valence-electron chi connectivity index (χ3n) is 4.21. The molecule has 0 unspecified atom stereocenters. The van der Waals surface area contributed by atoms with Gasteiger partial charge in [-0.1, -0.05) is 36.4 Å². The molecule has 0 N–H and O–H groups in total. The van der Waals surface area contributed by atoms with Crippen LogP contribution in [0.5, 0.6) is 5.75 Å². The number of carbonyl (C=O) groups is 1. The van der Waals surface area contributed by atoms with Crippen LogP contribution in [-0.2, 0) is 22.6 Å². The van der Waals surface area contributed by atoms with Gasteiger partial charge in [0.25, 0.3) is 0 Å². The van der Waals surface area contributed by atoms with E-state index in [0.29, 0.717) is 13.0 Å². The highest BCUT2D eigenvalue weighted by atomic mass is 16.5. The summed E-state index contributed by atoms with van der Waals surface area (Å²) < 4.78 is 10.6. The highest BCUT2D eigenvalue weighted by Gasteiger charge is 2.25. The van der Waals surface area contributed by atoms with Crippen LogP contribution in [0.25, 0.3) is 0 Å². The molecule has 3 rings (SSSR count). The summed E-state index contributed by atoms with van der Waals surface area (Å²) in [5, 5.41) is 0. The lowest BCUT2D eigenvalue weighted by molar-refractivity contribution is -0.141. The molecule has 0 aliphatic heterocycles. The van der Waals surface area contributed by atoms with E-state index in [4.69, 9.17) is 9.47 Å². The van der Waals surface area contributed by atoms with Crippen molar-refractivity contribution in [1.82, 2.24) is 0 Å². The average molecular weight is 296 g/mol. The van der Waals surface area contributed by atoms with Gasteiger partial charge < -0.3 is 9.47 Å². The smallest absolute Gasteiger partial charge is 0.306 e. The number of aryl methyl sites for hydroxylation is 1. The van der Waals surface area contributed by atoms with Crippen molar-refractivity contribution in [1.29, 1.82) is 0 Å². The van der Waals surface area contributed by atoms with Gasteiger partial charge in [-0.05, 0) is 47.6 Å². The first kappa shape index (κ1) is 14.6. The number of hydrogen-bond donors (Lipinski definition) is 0. The Morgan fingerprint density at radius 3 is 2.77 bits per heavy atom. The maximum atomic E-state index is 11.5. The van der Waals surface area contributed by atoms with E-state index in [2.05, 4.69) is 24.3 Å². The molecule has 1 aliphatic carbocycles. The summed E-state index contributed by atoms with van der Waals surface area (Å²) >= 11 is 0. The van der Waals surface area contributed by atoms with Crippen molar-refractivity contribution in [2.75, 3.05) is 7.11 Å². The molecule has 114 valence electrons. The number of methoxy groups -OCH3 is 1. The Kier molecular flexibility index (Phi) is 4.42. The third-order valence-corrected chi connectivity index (χ3v) is 4.21. The van der Waals surface area contributed by atoms with Gasteiger partial charge in [-0.25, -0.2) is 0 Å². The van der Waals surface area contributed by atoms with Crippen molar-refractivity contribution in [3.8, 4) is 5.75 Å². The lowest BCUT2D eigenvalue weighted by Gasteiger charge is -2.11. The second-order valence-corrected chi connectivity index (χ2v) is 5.65. The number of hydrogen-bond acceptors (Lipinski definition) is 3. The number of esters is 1. The molecule has 0 fully saturated rings. The third kappa shape index (κ3) is 3.30. The first-order valence-electron chi connectivity index (χ1n) is 7.62. The summed E-state index contributed by atoms with van der Waals surface area (Å²) in [5.74, 6) is 1.04. The van der Waals surface area contributed by atoms with Gasteiger partial charge in [0.05, 0.1) is 13.5 Å². The van der Waals surface area contributed by atoms with E-state index in [9.17, 15) is 4.79 Å². The monoisotopic (exact) mass is 296 g/mol. The van der Waals surface area contributed by atoms with Crippen LogP contribution >= 0.6 is 0 Å². The van der Waals surface area contributed by atoms with Crippen molar-refractivity contribution in [2.45, 2.75) is 31.8 Å². The largest absolute Gasteiger partial charge is 0.489 e. The van der Waals surface area contributed by atoms with E-state index in [0.717, 1.165) is 24.2 Å². The van der Waals surface area contributed by atoms with E-state index in [1.807, 2.05) is 24.3 Å². The lowest BCUT2D eigenvalue weighted by atomic mass is 9.98. The number of benzene rings is 2. The van der Waals surface area contributed by atoms with Crippen LogP contribution in [0.1, 0.15) is 35.4 Å². The van der Waals surface area contributed by atoms with Crippen LogP contribution in [0.4, 0.5) is 0 Å². The Labute approximate surface area is 130 Å². The lowest BCUT2D eigenvalue weighted by Crippen LogP contribution is -2.06. The van der Waals surface area contributed by atoms with E-state index in [1.165, 1.54) is 18.2 Å². The molecule has 2 aromatic rings. The highest BCUT2D eigenvalue weighted by molar-refractivity contribution is 5.70. The van der Waals surface area contributed by atoms with Crippen molar-refractivity contribution in [2.24, 2.45) is 0 Å². The van der Waals surface area contributed by atoms with Gasteiger partial charge in [-0.2, -0.15) is 0 Å². The number of fused-ring (bicyclic) bond motifs is 1. The molecule has 0 saturated heterocycles. The molecule has 22 heavy (non-hydrogen) atoms. The van der Waals surface area contributed by atoms with Gasteiger partial charge in [0, 0.05) is 0 Å². The van der Waals surface area contributed by atoms with E-state index in [1.54, 1.807) is 0 Å². The second kappa shape index (κ2) is 6.65. The summed E-state index contributed by atoms with van der Waals surface area (Å²) in [6, 6.07) is 16.3. The molecule has 0 saturated carbocycles. The molecule has 3 nitrogen and oxygen atoms in total. The molecule has 1 aliphatic rings. The van der Waals surface area contributed by atoms with E-state index >= 15 is 0 Å². The molecule has 0 radical (unpaired) electrons. The Balaban J connectivity index is 1.66. The van der Waals surface area contributed by atoms with Gasteiger partial charge in [-0.15, -0.1) is 0 Å². The normalized spacial score (nSPS) is 16.1. The summed E-state index contributed by atoms with van der Waals surface area (Å²) in [6.45, 7) is 0.575. The molecule has 3 heteroatoms. The summed E-state index contributed by atoms with van der Waals surface area (Å²) in [4.78, 5) is 11.5. The van der Waals surface area contributed by atoms with Crippen molar-refractivity contribution in [3.63, 3.8) is 0 Å². The summed E-state index contributed by atoms with van der Waals surface area (Å²) in [6.07, 6.45) is 2.47. The predicted molar refractivity (Wildman–Crippen MR) is 84.9 cm³/mol. The molecule has 0 amide bonds. The fourth-order valence-corrected chi connectivity index (χ4v) is 3.01. The Hall–Kier alpha value is -2.29. The van der Waals surface area contributed by atoms with Gasteiger partial charge in [-0.3, -0.25) is 4.79 Å². The molecular weight excluding hydrogens is 276 g/mol. The number of rotatable bonds is 5. The van der Waals surface area contributed by atoms with Crippen molar-refractivity contribution < 1.29 is 14.3 Å². The standard InChI is InChI=1S/C19H20O3/c1-21-19(20)12-16-8-7-15-11-17(9-10-18(15)16)22-13-14-5-3-2-4-6-14/h2-6,9-11,16H,7-8,12-13H2,1H3/t16-/m1/s1. The van der Waals surface area contributed by atoms with Crippen LogP contribution in [0.3, 0.4) is 0 Å². The van der Waals surface area contributed by atoms with Crippen LogP contribution in [0.2, 0.25) is 0 Å². The quantitative estimate of drug-likeness (QED) is 0.786. The first-order valence-corrected chi connectivity index (χ1v) is 7.62. The molecule has 2 aromatic carbocycles. The van der Waals surface area contributed by atoms with Gasteiger partial charge in [0.2, 0.25) is 0 Å². The Morgan fingerprint density at radius 1 is 1.18 bits per heavy atom. The second-order valence-electron chi connectivity index (χ2n) is 5.65. The Bertz CT molecular complexity index is 649. The van der Waals surface area contributed by atoms with Crippen LogP contribution < -0.4 is 4.74 Å². The maximum absolute atomic E-state index is 11.5. The summed E-state index contributed by atoms with van der Waals surface area (Å²) in [5.41, 5.74) is 3.71. The van der Waals surface area contributed by atoms with Crippen LogP contribution in [0, 0.1) is 0 Å². The Morgan fingerprint density at radius 2 is 2.00 bits per heavy atom. The minimum absolute atomic E-state index is 0.137. The van der Waals surface area contributed by atoms with Gasteiger partial charge in [0.1, 0.15) is 12.4 Å². The SMILES string of the molecule is COC(=O)C[C@H]1CCc2cc(OCc3ccccc3)ccc21. The average Bonchev–Trinajstić information content (AvgIpc) is 2.96. The zero-order chi connectivity index (χ0) is 15.4. The molecule has 0 aromatic heterocycles. The van der Waals surface area contributed by atoms with E-state index < -0.39 is 0 Å². The van der Waals surface area contributed by atoms with Gasteiger partial charge >= 0.3 is 5.97 Å². The fraction of sp³-hybridized carbons (Fsp3) is 0.316. The zero-order valence-electron chi connectivity index (χ0n) is 12.7. The minimum Gasteiger partial charge on any atom is -0.489 e.